The Bertz CT molecular complexity index is 238. The first-order valence-corrected chi connectivity index (χ1v) is 4.07. The number of alkyl halides is 2. The largest absolute Gasteiger partial charge is 0.382 e. The van der Waals surface area contributed by atoms with Gasteiger partial charge in [0.05, 0.1) is 5.02 Å². The zero-order valence-electron chi connectivity index (χ0n) is 5.30. The highest BCUT2D eigenvalue weighted by atomic mass is 35.5. The monoisotopic (exact) mass is 198 g/mol. The van der Waals surface area contributed by atoms with Crippen LogP contribution in [0, 0.1) is 0 Å². The molecule has 0 spiro atoms. The van der Waals surface area contributed by atoms with Crippen molar-refractivity contribution >= 4 is 22.9 Å². The molecular weight excluding hydrogens is 194 g/mol. The first-order chi connectivity index (χ1) is 5.11. The van der Waals surface area contributed by atoms with Gasteiger partial charge in [0, 0.05) is 10.3 Å². The van der Waals surface area contributed by atoms with E-state index in [-0.39, 0.29) is 4.88 Å². The summed E-state index contributed by atoms with van der Waals surface area (Å²) in [5.74, 6) is 0. The van der Waals surface area contributed by atoms with E-state index < -0.39 is 12.5 Å². The van der Waals surface area contributed by atoms with Gasteiger partial charge < -0.3 is 5.11 Å². The van der Waals surface area contributed by atoms with Crippen molar-refractivity contribution < 1.29 is 13.9 Å². The van der Waals surface area contributed by atoms with Crippen LogP contribution in [-0.2, 0) is 0 Å². The van der Waals surface area contributed by atoms with Crippen LogP contribution in [0.3, 0.4) is 0 Å². The molecule has 1 atom stereocenters. The summed E-state index contributed by atoms with van der Waals surface area (Å²) in [4.78, 5) is 0.199. The van der Waals surface area contributed by atoms with Crippen LogP contribution in [-0.4, -0.2) is 11.5 Å². The van der Waals surface area contributed by atoms with E-state index in [4.69, 9.17) is 16.7 Å². The Morgan fingerprint density at radius 2 is 2.18 bits per heavy atom. The molecular formula is C6H5ClF2OS. The zero-order chi connectivity index (χ0) is 8.43. The average molecular weight is 199 g/mol. The van der Waals surface area contributed by atoms with Gasteiger partial charge >= 0.3 is 0 Å². The summed E-state index contributed by atoms with van der Waals surface area (Å²) >= 11 is 6.49. The third kappa shape index (κ3) is 2.12. The Hall–Kier alpha value is -0.190. The molecule has 0 aliphatic carbocycles. The lowest BCUT2D eigenvalue weighted by Crippen LogP contribution is -2.05. The maximum absolute atomic E-state index is 11.8. The van der Waals surface area contributed by atoms with Crippen LogP contribution in [0.4, 0.5) is 8.78 Å². The molecule has 1 heterocycles. The fourth-order valence-electron chi connectivity index (χ4n) is 0.608. The van der Waals surface area contributed by atoms with E-state index >= 15 is 0 Å². The molecule has 1 unspecified atom stereocenters. The van der Waals surface area contributed by atoms with Crippen LogP contribution in [0.2, 0.25) is 5.02 Å². The van der Waals surface area contributed by atoms with Crippen molar-refractivity contribution in [1.29, 1.82) is 0 Å². The quantitative estimate of drug-likeness (QED) is 0.775. The SMILES string of the molecule is OC(c1cc(Cl)cs1)C(F)F. The molecule has 1 aromatic rings. The van der Waals surface area contributed by atoms with Gasteiger partial charge in [-0.05, 0) is 6.07 Å². The van der Waals surface area contributed by atoms with Crippen LogP contribution in [0.5, 0.6) is 0 Å². The Kier molecular flexibility index (Phi) is 2.81. The lowest BCUT2D eigenvalue weighted by molar-refractivity contribution is -0.00369. The third-order valence-electron chi connectivity index (χ3n) is 1.12. The first kappa shape index (κ1) is 8.90. The molecule has 0 amide bonds. The minimum Gasteiger partial charge on any atom is -0.382 e. The molecule has 0 bridgehead atoms. The molecule has 1 aromatic heterocycles. The van der Waals surface area contributed by atoms with Gasteiger partial charge in [-0.15, -0.1) is 11.3 Å². The fraction of sp³-hybridized carbons (Fsp3) is 0.333. The van der Waals surface area contributed by atoms with Crippen LogP contribution in [0.1, 0.15) is 11.0 Å². The van der Waals surface area contributed by atoms with Crippen LogP contribution < -0.4 is 0 Å². The molecule has 0 saturated carbocycles. The van der Waals surface area contributed by atoms with Gasteiger partial charge in [-0.2, -0.15) is 0 Å². The topological polar surface area (TPSA) is 20.2 Å². The van der Waals surface area contributed by atoms with E-state index in [1.165, 1.54) is 11.4 Å². The summed E-state index contributed by atoms with van der Waals surface area (Å²) in [5, 5.41) is 10.7. The number of hydrogen-bond donors (Lipinski definition) is 1. The summed E-state index contributed by atoms with van der Waals surface area (Å²) < 4.78 is 23.7. The average Bonchev–Trinajstić information content (AvgIpc) is 2.34. The molecule has 1 rings (SSSR count). The summed E-state index contributed by atoms with van der Waals surface area (Å²) in [6, 6.07) is 1.34. The van der Waals surface area contributed by atoms with E-state index in [9.17, 15) is 8.78 Å². The summed E-state index contributed by atoms with van der Waals surface area (Å²) in [6.07, 6.45) is -4.45. The van der Waals surface area contributed by atoms with Crippen molar-refractivity contribution in [3.8, 4) is 0 Å². The van der Waals surface area contributed by atoms with Crippen molar-refractivity contribution in [2.75, 3.05) is 0 Å². The highest BCUT2D eigenvalue weighted by molar-refractivity contribution is 7.10. The molecule has 0 aliphatic rings. The predicted molar refractivity (Wildman–Crippen MR) is 40.3 cm³/mol. The maximum Gasteiger partial charge on any atom is 0.268 e. The summed E-state index contributed by atoms with van der Waals surface area (Å²) in [7, 11) is 0. The summed E-state index contributed by atoms with van der Waals surface area (Å²) in [5.41, 5.74) is 0. The number of hydrogen-bond acceptors (Lipinski definition) is 2. The fourth-order valence-corrected chi connectivity index (χ4v) is 1.68. The van der Waals surface area contributed by atoms with E-state index in [1.807, 2.05) is 0 Å². The van der Waals surface area contributed by atoms with Crippen LogP contribution in [0.25, 0.3) is 0 Å². The van der Waals surface area contributed by atoms with Crippen LogP contribution in [0.15, 0.2) is 11.4 Å². The highest BCUT2D eigenvalue weighted by Gasteiger charge is 2.20. The van der Waals surface area contributed by atoms with Gasteiger partial charge in [-0.25, -0.2) is 8.78 Å². The number of rotatable bonds is 2. The molecule has 5 heteroatoms. The summed E-state index contributed by atoms with van der Waals surface area (Å²) in [6.45, 7) is 0. The molecule has 11 heavy (non-hydrogen) atoms. The third-order valence-corrected chi connectivity index (χ3v) is 2.47. The highest BCUT2D eigenvalue weighted by Crippen LogP contribution is 2.28. The molecule has 0 fully saturated rings. The molecule has 0 radical (unpaired) electrons. The maximum atomic E-state index is 11.8. The van der Waals surface area contributed by atoms with Gasteiger partial charge in [-0.3, -0.25) is 0 Å². The van der Waals surface area contributed by atoms with Crippen molar-refractivity contribution in [2.45, 2.75) is 12.5 Å². The van der Waals surface area contributed by atoms with Crippen molar-refractivity contribution in [3.05, 3.63) is 21.3 Å². The molecule has 0 saturated heterocycles. The Labute approximate surface area is 71.2 Å². The Morgan fingerprint density at radius 3 is 2.55 bits per heavy atom. The Balaban J connectivity index is 2.76. The number of halogens is 3. The normalized spacial score (nSPS) is 13.9. The van der Waals surface area contributed by atoms with E-state index in [2.05, 4.69) is 0 Å². The van der Waals surface area contributed by atoms with Crippen molar-refractivity contribution in [2.24, 2.45) is 0 Å². The predicted octanol–water partition coefficient (Wildman–Crippen LogP) is 2.70. The van der Waals surface area contributed by atoms with Crippen LogP contribution >= 0.6 is 22.9 Å². The number of aliphatic hydroxyl groups is 1. The minimum absolute atomic E-state index is 0.199. The van der Waals surface area contributed by atoms with Gasteiger partial charge in [0.1, 0.15) is 6.10 Å². The molecule has 0 aliphatic heterocycles. The van der Waals surface area contributed by atoms with Gasteiger partial charge in [0.15, 0.2) is 0 Å². The van der Waals surface area contributed by atoms with Crippen molar-refractivity contribution in [1.82, 2.24) is 0 Å². The molecule has 1 nitrogen and oxygen atoms in total. The smallest absolute Gasteiger partial charge is 0.268 e. The Morgan fingerprint density at radius 1 is 1.55 bits per heavy atom. The zero-order valence-corrected chi connectivity index (χ0v) is 6.87. The van der Waals surface area contributed by atoms with Gasteiger partial charge in [0.2, 0.25) is 0 Å². The standard InChI is InChI=1S/C6H5ClF2OS/c7-3-1-4(11-2-3)5(10)6(8)9/h1-2,5-6,10H. The van der Waals surface area contributed by atoms with Gasteiger partial charge in [0.25, 0.3) is 6.43 Å². The van der Waals surface area contributed by atoms with E-state index in [0.29, 0.717) is 5.02 Å². The van der Waals surface area contributed by atoms with Gasteiger partial charge in [-0.1, -0.05) is 11.6 Å². The second-order valence-corrected chi connectivity index (χ2v) is 3.33. The lowest BCUT2D eigenvalue weighted by atomic mass is 10.3. The minimum atomic E-state index is -2.75. The van der Waals surface area contributed by atoms with E-state index in [0.717, 1.165) is 11.3 Å². The second kappa shape index (κ2) is 3.47. The number of aliphatic hydroxyl groups excluding tert-OH is 1. The van der Waals surface area contributed by atoms with Crippen molar-refractivity contribution in [3.63, 3.8) is 0 Å². The second-order valence-electron chi connectivity index (χ2n) is 1.95. The molecule has 0 aromatic carbocycles. The van der Waals surface area contributed by atoms with E-state index in [1.54, 1.807) is 0 Å². The molecule has 62 valence electrons. The number of thiophene rings is 1. The first-order valence-electron chi connectivity index (χ1n) is 2.81. The molecule has 1 N–H and O–H groups in total. The lowest BCUT2D eigenvalue weighted by Gasteiger charge is -2.04.